The van der Waals surface area contributed by atoms with Gasteiger partial charge in [-0.15, -0.1) is 0 Å². The second-order valence-corrected chi connectivity index (χ2v) is 6.56. The molecule has 2 aliphatic heterocycles. The van der Waals surface area contributed by atoms with Crippen molar-refractivity contribution in [1.82, 2.24) is 15.0 Å². The van der Waals surface area contributed by atoms with E-state index in [4.69, 9.17) is 4.52 Å². The summed E-state index contributed by atoms with van der Waals surface area (Å²) in [4.78, 5) is 6.96. The van der Waals surface area contributed by atoms with E-state index < -0.39 is 0 Å². The van der Waals surface area contributed by atoms with Gasteiger partial charge in [0.15, 0.2) is 5.82 Å². The Morgan fingerprint density at radius 3 is 2.68 bits per heavy atom. The summed E-state index contributed by atoms with van der Waals surface area (Å²) < 4.78 is 18.8. The third-order valence-electron chi connectivity index (χ3n) is 5.40. The van der Waals surface area contributed by atoms with Crippen LogP contribution < -0.4 is 0 Å². The van der Waals surface area contributed by atoms with Crippen molar-refractivity contribution in [3.63, 3.8) is 0 Å². The maximum atomic E-state index is 13.3. The Morgan fingerprint density at radius 1 is 1.23 bits per heavy atom. The maximum absolute atomic E-state index is 13.3. The Balaban J connectivity index is 1.76. The lowest BCUT2D eigenvalue weighted by Crippen LogP contribution is -2.44. The number of piperidine rings is 1. The fraction of sp³-hybridized carbons (Fsp3) is 0.529. The first-order valence-electron chi connectivity index (χ1n) is 7.91. The molecule has 0 amide bonds. The Hall–Kier alpha value is -1.75. The van der Waals surface area contributed by atoms with E-state index in [1.807, 2.05) is 19.1 Å². The SMILES string of the molecule is Cc1noc(C2C(c3ccc(F)cc3)CC3CCC2N3C)n1. The van der Waals surface area contributed by atoms with E-state index in [9.17, 15) is 4.39 Å². The summed E-state index contributed by atoms with van der Waals surface area (Å²) in [5, 5.41) is 3.98. The van der Waals surface area contributed by atoms with Gasteiger partial charge in [-0.3, -0.25) is 4.90 Å². The molecule has 0 radical (unpaired) electrons. The number of hydrogen-bond acceptors (Lipinski definition) is 4. The Bertz CT molecular complexity index is 669. The van der Waals surface area contributed by atoms with E-state index in [1.165, 1.54) is 12.0 Å². The fourth-order valence-electron chi connectivity index (χ4n) is 4.30. The van der Waals surface area contributed by atoms with E-state index >= 15 is 0 Å². The van der Waals surface area contributed by atoms with Crippen LogP contribution in [0.4, 0.5) is 4.39 Å². The summed E-state index contributed by atoms with van der Waals surface area (Å²) in [7, 11) is 2.19. The lowest BCUT2D eigenvalue weighted by Gasteiger charge is -2.41. The minimum absolute atomic E-state index is 0.190. The second kappa shape index (κ2) is 5.16. The number of hydrogen-bond donors (Lipinski definition) is 0. The molecule has 2 fully saturated rings. The van der Waals surface area contributed by atoms with Gasteiger partial charge < -0.3 is 4.52 Å². The van der Waals surface area contributed by atoms with Gasteiger partial charge in [-0.1, -0.05) is 17.3 Å². The molecule has 1 aromatic carbocycles. The van der Waals surface area contributed by atoms with Crippen LogP contribution in [-0.2, 0) is 0 Å². The number of halogens is 1. The van der Waals surface area contributed by atoms with E-state index in [1.54, 1.807) is 12.1 Å². The zero-order valence-electron chi connectivity index (χ0n) is 12.9. The first kappa shape index (κ1) is 13.9. The van der Waals surface area contributed by atoms with Crippen LogP contribution in [0.15, 0.2) is 28.8 Å². The highest BCUT2D eigenvalue weighted by molar-refractivity contribution is 5.27. The van der Waals surface area contributed by atoms with Crippen molar-refractivity contribution in [1.29, 1.82) is 0 Å². The van der Waals surface area contributed by atoms with Crippen LogP contribution >= 0.6 is 0 Å². The quantitative estimate of drug-likeness (QED) is 0.854. The first-order valence-corrected chi connectivity index (χ1v) is 7.91. The van der Waals surface area contributed by atoms with Crippen molar-refractivity contribution in [3.05, 3.63) is 47.4 Å². The van der Waals surface area contributed by atoms with Crippen molar-refractivity contribution in [2.45, 2.75) is 50.1 Å². The van der Waals surface area contributed by atoms with Gasteiger partial charge in [-0.25, -0.2) is 4.39 Å². The molecule has 4 unspecified atom stereocenters. The molecule has 2 bridgehead atoms. The molecule has 116 valence electrons. The molecule has 1 aromatic heterocycles. The van der Waals surface area contributed by atoms with Crippen LogP contribution in [0.1, 0.15) is 48.4 Å². The summed E-state index contributed by atoms with van der Waals surface area (Å²) in [5.41, 5.74) is 1.17. The summed E-state index contributed by atoms with van der Waals surface area (Å²) in [6.07, 6.45) is 3.43. The molecule has 4 atom stereocenters. The predicted molar refractivity (Wildman–Crippen MR) is 80.1 cm³/mol. The third-order valence-corrected chi connectivity index (χ3v) is 5.40. The topological polar surface area (TPSA) is 42.2 Å². The molecular weight excluding hydrogens is 281 g/mol. The van der Waals surface area contributed by atoms with Gasteiger partial charge in [0.2, 0.25) is 5.89 Å². The normalized spacial score (nSPS) is 31.6. The lowest BCUT2D eigenvalue weighted by molar-refractivity contribution is 0.120. The minimum atomic E-state index is -0.190. The average Bonchev–Trinajstić information content (AvgIpc) is 3.02. The van der Waals surface area contributed by atoms with Crippen molar-refractivity contribution in [2.75, 3.05) is 7.05 Å². The number of fused-ring (bicyclic) bond motifs is 2. The molecule has 0 aliphatic carbocycles. The Kier molecular flexibility index (Phi) is 3.26. The van der Waals surface area contributed by atoms with Crippen molar-refractivity contribution < 1.29 is 8.91 Å². The van der Waals surface area contributed by atoms with Gasteiger partial charge in [-0.05, 0) is 56.8 Å². The van der Waals surface area contributed by atoms with Gasteiger partial charge in [0.25, 0.3) is 0 Å². The second-order valence-electron chi connectivity index (χ2n) is 6.56. The molecular formula is C17H20FN3O. The highest BCUT2D eigenvalue weighted by Crippen LogP contribution is 2.50. The zero-order chi connectivity index (χ0) is 15.3. The summed E-state index contributed by atoms with van der Waals surface area (Å²) in [5.74, 6) is 1.72. The van der Waals surface area contributed by atoms with Crippen LogP contribution in [0.25, 0.3) is 0 Å². The van der Waals surface area contributed by atoms with Gasteiger partial charge in [0, 0.05) is 12.1 Å². The fourth-order valence-corrected chi connectivity index (χ4v) is 4.30. The summed E-state index contributed by atoms with van der Waals surface area (Å²) >= 11 is 0. The largest absolute Gasteiger partial charge is 0.339 e. The van der Waals surface area contributed by atoms with E-state index in [-0.39, 0.29) is 11.7 Å². The van der Waals surface area contributed by atoms with Gasteiger partial charge in [0.1, 0.15) is 5.82 Å². The van der Waals surface area contributed by atoms with Crippen molar-refractivity contribution in [3.8, 4) is 0 Å². The number of benzene rings is 1. The monoisotopic (exact) mass is 301 g/mol. The van der Waals surface area contributed by atoms with Crippen LogP contribution in [0.2, 0.25) is 0 Å². The van der Waals surface area contributed by atoms with Gasteiger partial charge in [-0.2, -0.15) is 4.98 Å². The molecule has 0 saturated carbocycles. The highest BCUT2D eigenvalue weighted by Gasteiger charge is 2.48. The number of likely N-dealkylation sites (N-methyl/N-ethyl adjacent to an activating group) is 1. The zero-order valence-corrected chi connectivity index (χ0v) is 12.9. The molecule has 3 heterocycles. The Labute approximate surface area is 129 Å². The molecule has 5 heteroatoms. The van der Waals surface area contributed by atoms with E-state index in [2.05, 4.69) is 22.1 Å². The molecule has 4 nitrogen and oxygen atoms in total. The summed E-state index contributed by atoms with van der Waals surface area (Å²) in [6, 6.07) is 7.92. The van der Waals surface area contributed by atoms with Gasteiger partial charge in [0.05, 0.1) is 5.92 Å². The van der Waals surface area contributed by atoms with Crippen molar-refractivity contribution >= 4 is 0 Å². The molecule has 4 rings (SSSR count). The third kappa shape index (κ3) is 2.15. The van der Waals surface area contributed by atoms with Crippen molar-refractivity contribution in [2.24, 2.45) is 0 Å². The minimum Gasteiger partial charge on any atom is -0.339 e. The number of nitrogens with zero attached hydrogens (tertiary/aromatic N) is 3. The van der Waals surface area contributed by atoms with Crippen LogP contribution in [0, 0.1) is 12.7 Å². The van der Waals surface area contributed by atoms with Gasteiger partial charge >= 0.3 is 0 Å². The van der Waals surface area contributed by atoms with Crippen LogP contribution in [0.3, 0.4) is 0 Å². The Morgan fingerprint density at radius 2 is 2.00 bits per heavy atom. The molecule has 2 aliphatic rings. The summed E-state index contributed by atoms with van der Waals surface area (Å²) in [6.45, 7) is 1.85. The van der Waals surface area contributed by atoms with E-state index in [0.29, 0.717) is 23.8 Å². The predicted octanol–water partition coefficient (Wildman–Crippen LogP) is 3.25. The smallest absolute Gasteiger partial charge is 0.231 e. The average molecular weight is 301 g/mol. The number of rotatable bonds is 2. The molecule has 2 saturated heterocycles. The lowest BCUT2D eigenvalue weighted by atomic mass is 9.76. The maximum Gasteiger partial charge on any atom is 0.231 e. The van der Waals surface area contributed by atoms with Crippen LogP contribution in [0.5, 0.6) is 0 Å². The number of aryl methyl sites for hydroxylation is 1. The van der Waals surface area contributed by atoms with Crippen LogP contribution in [-0.4, -0.2) is 34.2 Å². The molecule has 22 heavy (non-hydrogen) atoms. The molecule has 0 N–H and O–H groups in total. The number of aromatic nitrogens is 2. The van der Waals surface area contributed by atoms with E-state index in [0.717, 1.165) is 18.7 Å². The molecule has 2 aromatic rings. The molecule has 0 spiro atoms. The first-order chi connectivity index (χ1) is 10.6. The highest BCUT2D eigenvalue weighted by atomic mass is 19.1. The standard InChI is InChI=1S/C17H20FN3O/c1-10-19-17(22-20-10)16-14(11-3-5-12(18)6-4-11)9-13-7-8-15(16)21(13)2/h3-6,13-16H,7-9H2,1-2H3.